The highest BCUT2D eigenvalue weighted by atomic mass is 16.4. The van der Waals surface area contributed by atoms with Crippen molar-refractivity contribution in [2.24, 2.45) is 7.05 Å². The summed E-state index contributed by atoms with van der Waals surface area (Å²) in [6.45, 7) is 7.40. The minimum absolute atomic E-state index is 0.381. The first-order chi connectivity index (χ1) is 7.93. The Morgan fingerprint density at radius 3 is 2.65 bits per heavy atom. The normalized spacial score (nSPS) is 10.4. The molecule has 94 valence electrons. The van der Waals surface area contributed by atoms with E-state index < -0.39 is 5.97 Å². The molecule has 0 bridgehead atoms. The quantitative estimate of drug-likeness (QED) is 0.608. The van der Waals surface area contributed by atoms with Crippen LogP contribution in [0.3, 0.4) is 0 Å². The summed E-state index contributed by atoms with van der Waals surface area (Å²) >= 11 is 0. The average Bonchev–Trinajstić information content (AvgIpc) is 2.52. The maximum atomic E-state index is 11.0. The van der Waals surface area contributed by atoms with E-state index in [9.17, 15) is 4.79 Å². The Bertz CT molecular complexity index is 441. The van der Waals surface area contributed by atoms with Crippen molar-refractivity contribution in [3.8, 4) is 0 Å². The highest BCUT2D eigenvalue weighted by Crippen LogP contribution is 2.13. The molecule has 0 fully saturated rings. The summed E-state index contributed by atoms with van der Waals surface area (Å²) in [5.74, 6) is -0.867. The third-order valence-electron chi connectivity index (χ3n) is 2.83. The Balaban J connectivity index is 2.69. The number of allylic oxidation sites excluding steroid dienone is 1. The van der Waals surface area contributed by atoms with E-state index in [2.05, 4.69) is 25.2 Å². The molecule has 1 aromatic rings. The van der Waals surface area contributed by atoms with Crippen molar-refractivity contribution >= 4 is 5.97 Å². The fourth-order valence-corrected chi connectivity index (χ4v) is 1.63. The smallest absolute Gasteiger partial charge is 0.337 e. The summed E-state index contributed by atoms with van der Waals surface area (Å²) in [5.41, 5.74) is 3.43. The number of carbonyl (C=O) groups is 1. The zero-order valence-electron chi connectivity index (χ0n) is 10.9. The lowest BCUT2D eigenvalue weighted by molar-refractivity contribution is 0.0696. The molecule has 0 saturated carbocycles. The van der Waals surface area contributed by atoms with Gasteiger partial charge in [0, 0.05) is 31.5 Å². The summed E-state index contributed by atoms with van der Waals surface area (Å²) in [6.07, 6.45) is 2.11. The first-order valence-electron chi connectivity index (χ1n) is 5.66. The van der Waals surface area contributed by atoms with Crippen LogP contribution in [0, 0.1) is 6.92 Å². The number of aromatic carboxylic acids is 1. The number of nitrogens with one attached hydrogen (secondary N) is 1. The standard InChI is InChI=1S/C13H20N2O2/c1-9(2)5-6-14-8-11-7-12(13(16)17)10(3)15(11)4/h5,7,14H,6,8H2,1-4H3,(H,16,17). The Morgan fingerprint density at radius 2 is 2.18 bits per heavy atom. The first kappa shape index (κ1) is 13.5. The molecule has 1 heterocycles. The molecule has 17 heavy (non-hydrogen) atoms. The lowest BCUT2D eigenvalue weighted by Gasteiger charge is -2.05. The third-order valence-corrected chi connectivity index (χ3v) is 2.83. The fraction of sp³-hybridized carbons (Fsp3) is 0.462. The molecular formula is C13H20N2O2. The van der Waals surface area contributed by atoms with Gasteiger partial charge in [-0.1, -0.05) is 11.6 Å². The average molecular weight is 236 g/mol. The van der Waals surface area contributed by atoms with Gasteiger partial charge in [0.15, 0.2) is 0 Å². The molecule has 0 spiro atoms. The van der Waals surface area contributed by atoms with Crippen LogP contribution in [0.15, 0.2) is 17.7 Å². The van der Waals surface area contributed by atoms with E-state index in [0.717, 1.165) is 17.9 Å². The van der Waals surface area contributed by atoms with Gasteiger partial charge in [0.25, 0.3) is 0 Å². The number of hydrogen-bond donors (Lipinski definition) is 2. The maximum absolute atomic E-state index is 11.0. The van der Waals surface area contributed by atoms with E-state index in [1.807, 2.05) is 18.5 Å². The molecule has 0 aliphatic heterocycles. The Morgan fingerprint density at radius 1 is 1.53 bits per heavy atom. The molecule has 1 rings (SSSR count). The van der Waals surface area contributed by atoms with Gasteiger partial charge in [0.05, 0.1) is 5.56 Å². The molecule has 0 aliphatic rings. The lowest BCUT2D eigenvalue weighted by atomic mass is 10.2. The minimum atomic E-state index is -0.867. The van der Waals surface area contributed by atoms with Crippen molar-refractivity contribution in [2.45, 2.75) is 27.3 Å². The number of hydrogen-bond acceptors (Lipinski definition) is 2. The van der Waals surface area contributed by atoms with Gasteiger partial charge in [-0.05, 0) is 26.8 Å². The largest absolute Gasteiger partial charge is 0.478 e. The van der Waals surface area contributed by atoms with Gasteiger partial charge in [0.1, 0.15) is 0 Å². The van der Waals surface area contributed by atoms with Crippen molar-refractivity contribution in [1.29, 1.82) is 0 Å². The molecule has 0 radical (unpaired) electrons. The van der Waals surface area contributed by atoms with E-state index in [1.54, 1.807) is 6.07 Å². The number of carboxylic acid groups (broad SMARTS) is 1. The Hall–Kier alpha value is -1.55. The van der Waals surface area contributed by atoms with Crippen LogP contribution in [0.1, 0.15) is 35.6 Å². The second-order valence-corrected chi connectivity index (χ2v) is 4.41. The van der Waals surface area contributed by atoms with Crippen LogP contribution < -0.4 is 5.32 Å². The van der Waals surface area contributed by atoms with E-state index in [4.69, 9.17) is 5.11 Å². The number of aromatic nitrogens is 1. The van der Waals surface area contributed by atoms with Gasteiger partial charge in [-0.2, -0.15) is 0 Å². The number of rotatable bonds is 5. The maximum Gasteiger partial charge on any atom is 0.337 e. The Kier molecular flexibility index (Phi) is 4.52. The van der Waals surface area contributed by atoms with E-state index in [-0.39, 0.29) is 0 Å². The van der Waals surface area contributed by atoms with Crippen molar-refractivity contribution in [3.05, 3.63) is 34.7 Å². The van der Waals surface area contributed by atoms with Gasteiger partial charge >= 0.3 is 5.97 Å². The molecule has 4 nitrogen and oxygen atoms in total. The van der Waals surface area contributed by atoms with Gasteiger partial charge in [-0.3, -0.25) is 0 Å². The first-order valence-corrected chi connectivity index (χ1v) is 5.66. The van der Waals surface area contributed by atoms with Crippen molar-refractivity contribution in [3.63, 3.8) is 0 Å². The Labute approximate surface area is 102 Å². The highest BCUT2D eigenvalue weighted by Gasteiger charge is 2.13. The second kappa shape index (κ2) is 5.68. The molecule has 0 amide bonds. The molecule has 0 saturated heterocycles. The molecule has 1 aromatic heterocycles. The topological polar surface area (TPSA) is 54.3 Å². The molecule has 4 heteroatoms. The van der Waals surface area contributed by atoms with Crippen LogP contribution in [-0.4, -0.2) is 22.2 Å². The zero-order chi connectivity index (χ0) is 13.0. The molecular weight excluding hydrogens is 216 g/mol. The van der Waals surface area contributed by atoms with Crippen LogP contribution in [0.2, 0.25) is 0 Å². The van der Waals surface area contributed by atoms with E-state index in [1.165, 1.54) is 5.57 Å². The predicted octanol–water partition coefficient (Wildman–Crippen LogP) is 2.09. The molecule has 2 N–H and O–H groups in total. The number of nitrogens with zero attached hydrogens (tertiary/aromatic N) is 1. The van der Waals surface area contributed by atoms with Crippen LogP contribution in [0.5, 0.6) is 0 Å². The van der Waals surface area contributed by atoms with Crippen molar-refractivity contribution < 1.29 is 9.90 Å². The van der Waals surface area contributed by atoms with Crippen LogP contribution in [0.4, 0.5) is 0 Å². The molecule has 0 aromatic carbocycles. The van der Waals surface area contributed by atoms with Gasteiger partial charge < -0.3 is 15.0 Å². The second-order valence-electron chi connectivity index (χ2n) is 4.41. The SMILES string of the molecule is CC(C)=CCNCc1cc(C(=O)O)c(C)n1C. The minimum Gasteiger partial charge on any atom is -0.478 e. The summed E-state index contributed by atoms with van der Waals surface area (Å²) in [7, 11) is 1.89. The lowest BCUT2D eigenvalue weighted by Crippen LogP contribution is -2.15. The summed E-state index contributed by atoms with van der Waals surface area (Å²) in [5, 5.41) is 12.3. The fourth-order valence-electron chi connectivity index (χ4n) is 1.63. The van der Waals surface area contributed by atoms with Crippen molar-refractivity contribution in [2.75, 3.05) is 6.54 Å². The summed E-state index contributed by atoms with van der Waals surface area (Å²) in [4.78, 5) is 11.0. The predicted molar refractivity (Wildman–Crippen MR) is 68.2 cm³/mol. The monoisotopic (exact) mass is 236 g/mol. The molecule has 0 aliphatic carbocycles. The number of carboxylic acids is 1. The third kappa shape index (κ3) is 3.46. The van der Waals surface area contributed by atoms with Crippen molar-refractivity contribution in [1.82, 2.24) is 9.88 Å². The van der Waals surface area contributed by atoms with Gasteiger partial charge in [-0.25, -0.2) is 4.79 Å². The molecule has 0 unspecified atom stereocenters. The zero-order valence-corrected chi connectivity index (χ0v) is 10.9. The summed E-state index contributed by atoms with van der Waals surface area (Å²) in [6, 6.07) is 1.73. The summed E-state index contributed by atoms with van der Waals surface area (Å²) < 4.78 is 1.92. The highest BCUT2D eigenvalue weighted by molar-refractivity contribution is 5.89. The molecule has 0 atom stereocenters. The van der Waals surface area contributed by atoms with E-state index >= 15 is 0 Å². The van der Waals surface area contributed by atoms with Gasteiger partial charge in [-0.15, -0.1) is 0 Å². The van der Waals surface area contributed by atoms with Crippen LogP contribution in [0.25, 0.3) is 0 Å². The van der Waals surface area contributed by atoms with Crippen LogP contribution in [-0.2, 0) is 13.6 Å². The van der Waals surface area contributed by atoms with Gasteiger partial charge in [0.2, 0.25) is 0 Å². The van der Waals surface area contributed by atoms with Crippen LogP contribution >= 0.6 is 0 Å². The van der Waals surface area contributed by atoms with E-state index in [0.29, 0.717) is 12.1 Å².